The van der Waals surface area contributed by atoms with E-state index in [1.807, 2.05) is 0 Å². The summed E-state index contributed by atoms with van der Waals surface area (Å²) < 4.78 is 29.0. The molecule has 0 amide bonds. The molecule has 2 rings (SSSR count). The second kappa shape index (κ2) is 5.91. The van der Waals surface area contributed by atoms with Crippen LogP contribution in [0.3, 0.4) is 0 Å². The molecule has 1 fully saturated rings. The molecule has 112 valence electrons. The average molecular weight is 362 g/mol. The van der Waals surface area contributed by atoms with Crippen LogP contribution in [0.25, 0.3) is 0 Å². The minimum absolute atomic E-state index is 0.397. The van der Waals surface area contributed by atoms with E-state index in [2.05, 4.69) is 22.9 Å². The maximum Gasteiger partial charge on any atom is 0.303 e. The molecule has 7 heteroatoms. The lowest BCUT2D eigenvalue weighted by atomic mass is 10.0. The molecule has 1 aromatic rings. The van der Waals surface area contributed by atoms with Gasteiger partial charge in [-0.1, -0.05) is 22.9 Å². The molecule has 1 unspecified atom stereocenters. The molecule has 1 aliphatic rings. The first-order valence-corrected chi connectivity index (χ1v) is 8.80. The number of nitrogen functional groups attached to an aromatic ring is 1. The molecular formula is C13H20BrN3O2S. The molecule has 2 N–H and O–H groups in total. The zero-order valence-electron chi connectivity index (χ0n) is 11.7. The maximum atomic E-state index is 12.7. The fraction of sp³-hybridized carbons (Fsp3) is 0.538. The molecule has 0 aromatic heterocycles. The second-order valence-corrected chi connectivity index (χ2v) is 8.16. The highest BCUT2D eigenvalue weighted by molar-refractivity contribution is 9.10. The Kier molecular flexibility index (Phi) is 4.61. The smallest absolute Gasteiger partial charge is 0.303 e. The number of halogens is 1. The fourth-order valence-electron chi connectivity index (χ4n) is 2.47. The average Bonchev–Trinajstić information content (AvgIpc) is 2.38. The highest BCUT2D eigenvalue weighted by atomic mass is 79.9. The largest absolute Gasteiger partial charge is 0.397 e. The minimum atomic E-state index is -3.51. The van der Waals surface area contributed by atoms with Gasteiger partial charge in [0.05, 0.1) is 11.4 Å². The van der Waals surface area contributed by atoms with Gasteiger partial charge in [-0.3, -0.25) is 4.31 Å². The molecule has 5 nitrogen and oxygen atoms in total. The quantitative estimate of drug-likeness (QED) is 0.840. The van der Waals surface area contributed by atoms with Gasteiger partial charge in [-0.2, -0.15) is 12.7 Å². The molecular weight excluding hydrogens is 342 g/mol. The highest BCUT2D eigenvalue weighted by Crippen LogP contribution is 2.30. The topological polar surface area (TPSA) is 66.6 Å². The summed E-state index contributed by atoms with van der Waals surface area (Å²) in [6.07, 6.45) is 1.99. The third kappa shape index (κ3) is 3.10. The standard InChI is InChI=1S/C13H20BrN3O2S/c1-10-4-3-7-17(9-10)20(18,19)16(2)13-6-5-11(14)8-12(13)15/h5-6,8,10H,3-4,7,9,15H2,1-2H3. The van der Waals surface area contributed by atoms with E-state index in [9.17, 15) is 8.42 Å². The van der Waals surface area contributed by atoms with E-state index in [4.69, 9.17) is 5.73 Å². The predicted molar refractivity (Wildman–Crippen MR) is 85.8 cm³/mol. The Labute approximate surface area is 129 Å². The van der Waals surface area contributed by atoms with Gasteiger partial charge < -0.3 is 5.73 Å². The van der Waals surface area contributed by atoms with Gasteiger partial charge in [0.1, 0.15) is 0 Å². The van der Waals surface area contributed by atoms with Crippen molar-refractivity contribution in [2.24, 2.45) is 5.92 Å². The van der Waals surface area contributed by atoms with Crippen LogP contribution in [0.2, 0.25) is 0 Å². The summed E-state index contributed by atoms with van der Waals surface area (Å²) in [4.78, 5) is 0. The first-order valence-electron chi connectivity index (χ1n) is 6.61. The Hall–Kier alpha value is -0.790. The SMILES string of the molecule is CC1CCCN(S(=O)(=O)N(C)c2ccc(Br)cc2N)C1. The molecule has 0 saturated carbocycles. The van der Waals surface area contributed by atoms with E-state index in [0.29, 0.717) is 30.4 Å². The Bertz CT molecular complexity index is 591. The highest BCUT2D eigenvalue weighted by Gasteiger charge is 2.31. The molecule has 20 heavy (non-hydrogen) atoms. The van der Waals surface area contributed by atoms with E-state index < -0.39 is 10.2 Å². The summed E-state index contributed by atoms with van der Waals surface area (Å²) in [7, 11) is -1.96. The van der Waals surface area contributed by atoms with Gasteiger partial charge in [0, 0.05) is 24.6 Å². The Morgan fingerprint density at radius 1 is 1.45 bits per heavy atom. The molecule has 1 saturated heterocycles. The second-order valence-electron chi connectivity index (χ2n) is 5.28. The first kappa shape index (κ1) is 15.6. The third-order valence-corrected chi connectivity index (χ3v) is 5.99. The maximum absolute atomic E-state index is 12.7. The first-order chi connectivity index (χ1) is 9.32. The molecule has 0 aliphatic carbocycles. The molecule has 1 aliphatic heterocycles. The Morgan fingerprint density at radius 2 is 2.15 bits per heavy atom. The summed E-state index contributed by atoms with van der Waals surface area (Å²) in [6.45, 7) is 3.23. The van der Waals surface area contributed by atoms with Gasteiger partial charge in [0.2, 0.25) is 0 Å². The molecule has 0 bridgehead atoms. The number of hydrogen-bond donors (Lipinski definition) is 1. The van der Waals surface area contributed by atoms with E-state index >= 15 is 0 Å². The van der Waals surface area contributed by atoms with Crippen molar-refractivity contribution in [3.8, 4) is 0 Å². The number of piperidine rings is 1. The zero-order chi connectivity index (χ0) is 14.9. The lowest BCUT2D eigenvalue weighted by Crippen LogP contribution is -2.46. The van der Waals surface area contributed by atoms with E-state index in [1.165, 1.54) is 4.31 Å². The number of anilines is 2. The van der Waals surface area contributed by atoms with Crippen LogP contribution in [0.1, 0.15) is 19.8 Å². The number of nitrogens with zero attached hydrogens (tertiary/aromatic N) is 2. The number of benzene rings is 1. The summed E-state index contributed by atoms with van der Waals surface area (Å²) in [5.41, 5.74) is 6.87. The van der Waals surface area contributed by atoms with Crippen molar-refractivity contribution < 1.29 is 8.42 Å². The van der Waals surface area contributed by atoms with Crippen LogP contribution in [0, 0.1) is 5.92 Å². The van der Waals surface area contributed by atoms with E-state index in [-0.39, 0.29) is 0 Å². The normalized spacial score (nSPS) is 20.9. The summed E-state index contributed by atoms with van der Waals surface area (Å²) in [5, 5.41) is 0. The number of rotatable bonds is 3. The predicted octanol–water partition coefficient (Wildman–Crippen LogP) is 2.44. The third-order valence-electron chi connectivity index (χ3n) is 3.62. The van der Waals surface area contributed by atoms with Gasteiger partial charge in [-0.05, 0) is 37.0 Å². The van der Waals surface area contributed by atoms with Gasteiger partial charge in [0.15, 0.2) is 0 Å². The summed E-state index contributed by atoms with van der Waals surface area (Å²) >= 11 is 3.32. The monoisotopic (exact) mass is 361 g/mol. The van der Waals surface area contributed by atoms with Crippen LogP contribution in [0.15, 0.2) is 22.7 Å². The summed E-state index contributed by atoms with van der Waals surface area (Å²) in [5.74, 6) is 0.397. The van der Waals surface area contributed by atoms with Crippen LogP contribution in [0.5, 0.6) is 0 Å². The fourth-order valence-corrected chi connectivity index (χ4v) is 4.41. The molecule has 0 radical (unpaired) electrons. The van der Waals surface area contributed by atoms with Crippen LogP contribution < -0.4 is 10.0 Å². The molecule has 1 atom stereocenters. The van der Waals surface area contributed by atoms with E-state index in [1.54, 1.807) is 29.6 Å². The van der Waals surface area contributed by atoms with Crippen LogP contribution in [-0.2, 0) is 10.2 Å². The van der Waals surface area contributed by atoms with Crippen molar-refractivity contribution in [3.63, 3.8) is 0 Å². The Morgan fingerprint density at radius 3 is 2.75 bits per heavy atom. The van der Waals surface area contributed by atoms with Gasteiger partial charge in [-0.15, -0.1) is 0 Å². The Balaban J connectivity index is 2.28. The van der Waals surface area contributed by atoms with Gasteiger partial charge >= 0.3 is 10.2 Å². The molecule has 1 aromatic carbocycles. The van der Waals surface area contributed by atoms with Crippen LogP contribution in [-0.4, -0.2) is 32.9 Å². The van der Waals surface area contributed by atoms with Crippen LogP contribution >= 0.6 is 15.9 Å². The van der Waals surface area contributed by atoms with Crippen molar-refractivity contribution in [1.82, 2.24) is 4.31 Å². The lowest BCUT2D eigenvalue weighted by Gasteiger charge is -2.34. The number of nitrogens with two attached hydrogens (primary N) is 1. The zero-order valence-corrected chi connectivity index (χ0v) is 14.1. The van der Waals surface area contributed by atoms with Crippen molar-refractivity contribution in [1.29, 1.82) is 0 Å². The van der Waals surface area contributed by atoms with Gasteiger partial charge in [-0.25, -0.2) is 0 Å². The van der Waals surface area contributed by atoms with Crippen LogP contribution in [0.4, 0.5) is 11.4 Å². The van der Waals surface area contributed by atoms with Crippen molar-refractivity contribution in [2.75, 3.05) is 30.2 Å². The minimum Gasteiger partial charge on any atom is -0.397 e. The van der Waals surface area contributed by atoms with Crippen molar-refractivity contribution in [2.45, 2.75) is 19.8 Å². The number of hydrogen-bond acceptors (Lipinski definition) is 3. The molecule has 1 heterocycles. The lowest BCUT2D eigenvalue weighted by molar-refractivity contribution is 0.281. The van der Waals surface area contributed by atoms with Crippen molar-refractivity contribution >= 4 is 37.5 Å². The van der Waals surface area contributed by atoms with E-state index in [0.717, 1.165) is 17.3 Å². The molecule has 0 spiro atoms. The van der Waals surface area contributed by atoms with Gasteiger partial charge in [0.25, 0.3) is 0 Å². The van der Waals surface area contributed by atoms with Crippen molar-refractivity contribution in [3.05, 3.63) is 22.7 Å². The summed E-state index contributed by atoms with van der Waals surface area (Å²) in [6, 6.07) is 5.21.